The molecule has 23 heavy (non-hydrogen) atoms. The zero-order chi connectivity index (χ0) is 16.6. The number of amides is 1. The second-order valence-corrected chi connectivity index (χ2v) is 5.79. The van der Waals surface area contributed by atoms with Gasteiger partial charge in [-0.2, -0.15) is 0 Å². The van der Waals surface area contributed by atoms with Gasteiger partial charge in [0.1, 0.15) is 5.58 Å². The smallest absolute Gasteiger partial charge is 0.371 e. The largest absolute Gasteiger partial charge is 0.475 e. The topological polar surface area (TPSA) is 79.5 Å². The standard InChI is InChI=1S/C16H15F2NO4/c17-16(18)5-3-9(4-6-16)14(20)19-11-1-2-12-10(7-11)8-13(23-12)15(21)22/h1-2,7-9H,3-6H2,(H,19,20)(H,21,22). The molecule has 1 fully saturated rings. The summed E-state index contributed by atoms with van der Waals surface area (Å²) in [6, 6.07) is 6.12. The van der Waals surface area contributed by atoms with Crippen LogP contribution in [0.15, 0.2) is 28.7 Å². The van der Waals surface area contributed by atoms with Crippen LogP contribution < -0.4 is 5.32 Å². The number of hydrogen-bond acceptors (Lipinski definition) is 3. The molecule has 0 aliphatic heterocycles. The minimum atomic E-state index is -2.67. The second kappa shape index (κ2) is 5.64. The van der Waals surface area contributed by atoms with E-state index < -0.39 is 17.8 Å². The fourth-order valence-electron chi connectivity index (χ4n) is 2.77. The molecule has 2 N–H and O–H groups in total. The molecule has 5 nitrogen and oxygen atoms in total. The van der Waals surface area contributed by atoms with E-state index in [1.54, 1.807) is 18.2 Å². The molecule has 1 aliphatic rings. The maximum absolute atomic E-state index is 13.1. The van der Waals surface area contributed by atoms with Gasteiger partial charge >= 0.3 is 5.97 Å². The number of halogens is 2. The molecule has 2 aromatic rings. The highest BCUT2D eigenvalue weighted by Crippen LogP contribution is 2.36. The number of alkyl halides is 2. The predicted molar refractivity (Wildman–Crippen MR) is 78.7 cm³/mol. The zero-order valence-electron chi connectivity index (χ0n) is 12.1. The van der Waals surface area contributed by atoms with Crippen molar-refractivity contribution in [1.82, 2.24) is 0 Å². The monoisotopic (exact) mass is 323 g/mol. The number of fused-ring (bicyclic) bond motifs is 1. The van der Waals surface area contributed by atoms with Crippen LogP contribution >= 0.6 is 0 Å². The number of carbonyl (C=O) groups excluding carboxylic acids is 1. The Balaban J connectivity index is 1.71. The Hall–Kier alpha value is -2.44. The molecule has 0 saturated heterocycles. The van der Waals surface area contributed by atoms with E-state index in [0.717, 1.165) is 0 Å². The van der Waals surface area contributed by atoms with Crippen molar-refractivity contribution in [3.05, 3.63) is 30.0 Å². The highest BCUT2D eigenvalue weighted by atomic mass is 19.3. The molecule has 3 rings (SSSR count). The van der Waals surface area contributed by atoms with Gasteiger partial charge in [-0.05, 0) is 37.1 Å². The van der Waals surface area contributed by atoms with E-state index in [1.165, 1.54) is 6.07 Å². The number of nitrogens with one attached hydrogen (secondary N) is 1. The lowest BCUT2D eigenvalue weighted by molar-refractivity contribution is -0.124. The summed E-state index contributed by atoms with van der Waals surface area (Å²) in [6.45, 7) is 0. The number of rotatable bonds is 3. The van der Waals surface area contributed by atoms with Gasteiger partial charge in [0, 0.05) is 29.8 Å². The van der Waals surface area contributed by atoms with Gasteiger partial charge in [0.15, 0.2) is 0 Å². The van der Waals surface area contributed by atoms with Crippen LogP contribution in [0.3, 0.4) is 0 Å². The first kappa shape index (κ1) is 15.5. The molecule has 1 saturated carbocycles. The molecule has 0 bridgehead atoms. The third-order valence-electron chi connectivity index (χ3n) is 4.08. The first-order valence-electron chi connectivity index (χ1n) is 7.30. The van der Waals surface area contributed by atoms with E-state index in [9.17, 15) is 18.4 Å². The summed E-state index contributed by atoms with van der Waals surface area (Å²) in [6.07, 6.45) is -0.215. The van der Waals surface area contributed by atoms with Crippen molar-refractivity contribution >= 4 is 28.5 Å². The van der Waals surface area contributed by atoms with E-state index in [-0.39, 0.29) is 37.4 Å². The third-order valence-corrected chi connectivity index (χ3v) is 4.08. The molecule has 1 aromatic carbocycles. The van der Waals surface area contributed by atoms with E-state index in [2.05, 4.69) is 5.32 Å². The van der Waals surface area contributed by atoms with Crippen molar-refractivity contribution in [2.24, 2.45) is 5.92 Å². The summed E-state index contributed by atoms with van der Waals surface area (Å²) in [5, 5.41) is 12.1. The van der Waals surface area contributed by atoms with Gasteiger partial charge < -0.3 is 14.8 Å². The number of carboxylic acids is 1. The zero-order valence-corrected chi connectivity index (χ0v) is 12.1. The van der Waals surface area contributed by atoms with Gasteiger partial charge in [0.25, 0.3) is 0 Å². The number of benzene rings is 1. The van der Waals surface area contributed by atoms with Gasteiger partial charge in [-0.1, -0.05) is 0 Å². The minimum absolute atomic E-state index is 0.163. The van der Waals surface area contributed by atoms with Crippen molar-refractivity contribution in [1.29, 1.82) is 0 Å². The van der Waals surface area contributed by atoms with Crippen LogP contribution in [-0.4, -0.2) is 22.9 Å². The van der Waals surface area contributed by atoms with Crippen LogP contribution in [0.1, 0.15) is 36.2 Å². The molecule has 1 heterocycles. The highest BCUT2D eigenvalue weighted by Gasteiger charge is 2.37. The lowest BCUT2D eigenvalue weighted by atomic mass is 9.86. The third kappa shape index (κ3) is 3.33. The van der Waals surface area contributed by atoms with Crippen molar-refractivity contribution in [3.8, 4) is 0 Å². The van der Waals surface area contributed by atoms with Crippen LogP contribution in [0.25, 0.3) is 11.0 Å². The summed E-state index contributed by atoms with van der Waals surface area (Å²) in [5.74, 6) is -4.74. The highest BCUT2D eigenvalue weighted by molar-refractivity contribution is 5.96. The fourth-order valence-corrected chi connectivity index (χ4v) is 2.77. The van der Waals surface area contributed by atoms with Gasteiger partial charge in [-0.3, -0.25) is 4.79 Å². The minimum Gasteiger partial charge on any atom is -0.475 e. The predicted octanol–water partition coefficient (Wildman–Crippen LogP) is 3.90. The number of hydrogen-bond donors (Lipinski definition) is 2. The Kier molecular flexibility index (Phi) is 3.79. The molecule has 1 aliphatic carbocycles. The molecule has 7 heteroatoms. The number of carbonyl (C=O) groups is 2. The van der Waals surface area contributed by atoms with Gasteiger partial charge in [-0.15, -0.1) is 0 Å². The van der Waals surface area contributed by atoms with Crippen molar-refractivity contribution in [2.45, 2.75) is 31.6 Å². The molecule has 122 valence electrons. The summed E-state index contributed by atoms with van der Waals surface area (Å²) in [5.41, 5.74) is 0.885. The lowest BCUT2D eigenvalue weighted by Crippen LogP contribution is -2.31. The van der Waals surface area contributed by atoms with Crippen LogP contribution in [0, 0.1) is 5.92 Å². The summed E-state index contributed by atoms with van der Waals surface area (Å²) < 4.78 is 31.4. The summed E-state index contributed by atoms with van der Waals surface area (Å²) in [7, 11) is 0. The van der Waals surface area contributed by atoms with E-state index in [4.69, 9.17) is 9.52 Å². The normalized spacial score (nSPS) is 18.0. The SMILES string of the molecule is O=C(O)c1cc2cc(NC(=O)C3CCC(F)(F)CC3)ccc2o1. The first-order chi connectivity index (χ1) is 10.8. The molecule has 0 radical (unpaired) electrons. The number of aromatic carboxylic acids is 1. The number of carboxylic acid groups (broad SMARTS) is 1. The molecular formula is C16H15F2NO4. The second-order valence-electron chi connectivity index (χ2n) is 5.79. The first-order valence-corrected chi connectivity index (χ1v) is 7.30. The molecule has 1 amide bonds. The summed E-state index contributed by atoms with van der Waals surface area (Å²) >= 11 is 0. The molecule has 0 unspecified atom stereocenters. The molecular weight excluding hydrogens is 308 g/mol. The van der Waals surface area contributed by atoms with Crippen LogP contribution in [0.5, 0.6) is 0 Å². The average Bonchev–Trinajstić information content (AvgIpc) is 2.90. The van der Waals surface area contributed by atoms with Gasteiger partial charge in [-0.25, -0.2) is 13.6 Å². The number of furan rings is 1. The van der Waals surface area contributed by atoms with E-state index >= 15 is 0 Å². The Bertz CT molecular complexity index is 759. The molecule has 0 atom stereocenters. The average molecular weight is 323 g/mol. The maximum atomic E-state index is 13.1. The van der Waals surface area contributed by atoms with Crippen molar-refractivity contribution in [2.75, 3.05) is 5.32 Å². The lowest BCUT2D eigenvalue weighted by Gasteiger charge is -2.27. The molecule has 0 spiro atoms. The van der Waals surface area contributed by atoms with Gasteiger partial charge in [0.05, 0.1) is 0 Å². The van der Waals surface area contributed by atoms with E-state index in [1.807, 2.05) is 0 Å². The van der Waals surface area contributed by atoms with Crippen LogP contribution in [-0.2, 0) is 4.79 Å². The molecule has 1 aromatic heterocycles. The van der Waals surface area contributed by atoms with E-state index in [0.29, 0.717) is 16.7 Å². The van der Waals surface area contributed by atoms with Crippen molar-refractivity contribution < 1.29 is 27.9 Å². The summed E-state index contributed by atoms with van der Waals surface area (Å²) in [4.78, 5) is 23.0. The maximum Gasteiger partial charge on any atom is 0.371 e. The fraction of sp³-hybridized carbons (Fsp3) is 0.375. The van der Waals surface area contributed by atoms with Gasteiger partial charge in [0.2, 0.25) is 17.6 Å². The number of anilines is 1. The van der Waals surface area contributed by atoms with Crippen LogP contribution in [0.2, 0.25) is 0 Å². The van der Waals surface area contributed by atoms with Crippen LogP contribution in [0.4, 0.5) is 14.5 Å². The Labute approximate surface area is 130 Å². The Morgan fingerprint density at radius 2 is 1.91 bits per heavy atom. The quantitative estimate of drug-likeness (QED) is 0.898. The Morgan fingerprint density at radius 1 is 1.22 bits per heavy atom. The Morgan fingerprint density at radius 3 is 2.57 bits per heavy atom. The van der Waals surface area contributed by atoms with Crippen molar-refractivity contribution in [3.63, 3.8) is 0 Å².